The van der Waals surface area contributed by atoms with Crippen LogP contribution in [0.5, 0.6) is 0 Å². The van der Waals surface area contributed by atoms with Gasteiger partial charge in [0.15, 0.2) is 0 Å². The number of hydrogen-bond acceptors (Lipinski definition) is 7. The first-order valence-electron chi connectivity index (χ1n) is 7.26. The smallest absolute Gasteiger partial charge is 0.307 e. The van der Waals surface area contributed by atoms with Crippen molar-refractivity contribution in [2.75, 3.05) is 27.2 Å². The third-order valence-electron chi connectivity index (χ3n) is 3.39. The van der Waals surface area contributed by atoms with Gasteiger partial charge in [0, 0.05) is 31.8 Å². The molecule has 1 aromatic rings. The molecule has 0 radical (unpaired) electrons. The van der Waals surface area contributed by atoms with Crippen LogP contribution in [0, 0.1) is 10.1 Å². The van der Waals surface area contributed by atoms with Gasteiger partial charge in [-0.25, -0.2) is 8.42 Å². The third-order valence-corrected chi connectivity index (χ3v) is 5.31. The number of nitrogens with zero attached hydrogens (tertiary/aromatic N) is 2. The minimum atomic E-state index is -3.90. The summed E-state index contributed by atoms with van der Waals surface area (Å²) in [4.78, 5) is 21.6. The Kier molecular flexibility index (Phi) is 7.26. The summed E-state index contributed by atoms with van der Waals surface area (Å²) < 4.78 is 31.2. The summed E-state index contributed by atoms with van der Waals surface area (Å²) in [6.07, 6.45) is -0.0998. The van der Waals surface area contributed by atoms with Crippen LogP contribution in [0.2, 0.25) is 0 Å². The Morgan fingerprint density at radius 2 is 1.96 bits per heavy atom. The first-order chi connectivity index (χ1) is 11.2. The molecule has 1 atom stereocenters. The Morgan fingerprint density at radius 3 is 2.42 bits per heavy atom. The van der Waals surface area contributed by atoms with Gasteiger partial charge >= 0.3 is 5.97 Å². The van der Waals surface area contributed by atoms with E-state index in [0.29, 0.717) is 0 Å². The summed E-state index contributed by atoms with van der Waals surface area (Å²) in [6, 6.07) is 3.95. The molecule has 9 nitrogen and oxygen atoms in total. The Bertz CT molecular complexity index is 674. The lowest BCUT2D eigenvalue weighted by Gasteiger charge is -2.26. The summed E-state index contributed by atoms with van der Waals surface area (Å²) in [5.74, 6) is -0.497. The fourth-order valence-corrected chi connectivity index (χ4v) is 3.43. The number of likely N-dealkylation sites (N-methyl/N-ethyl adjacent to an activating group) is 2. The number of nitro benzene ring substituents is 1. The monoisotopic (exact) mass is 359 g/mol. The first kappa shape index (κ1) is 20.0. The van der Waals surface area contributed by atoms with Gasteiger partial charge in [-0.05, 0) is 26.1 Å². The van der Waals surface area contributed by atoms with Crippen molar-refractivity contribution in [2.45, 2.75) is 24.3 Å². The van der Waals surface area contributed by atoms with Crippen molar-refractivity contribution in [1.29, 1.82) is 0 Å². The summed E-state index contributed by atoms with van der Waals surface area (Å²) in [6.45, 7) is 2.13. The van der Waals surface area contributed by atoms with Gasteiger partial charge in [0.05, 0.1) is 22.8 Å². The highest BCUT2D eigenvalue weighted by atomic mass is 32.2. The number of carbonyl (C=O) groups is 1. The first-order valence-corrected chi connectivity index (χ1v) is 8.70. The Labute approximate surface area is 140 Å². The molecule has 1 N–H and O–H groups in total. The van der Waals surface area contributed by atoms with Gasteiger partial charge in [0.2, 0.25) is 10.0 Å². The molecular weight excluding hydrogens is 338 g/mol. The predicted octanol–water partition coefficient (Wildman–Crippen LogP) is 0.757. The molecule has 0 spiro atoms. The van der Waals surface area contributed by atoms with Gasteiger partial charge in [-0.1, -0.05) is 0 Å². The molecule has 0 saturated carbocycles. The van der Waals surface area contributed by atoms with E-state index >= 15 is 0 Å². The molecule has 1 unspecified atom stereocenters. The van der Waals surface area contributed by atoms with Crippen LogP contribution in [0.3, 0.4) is 0 Å². The van der Waals surface area contributed by atoms with E-state index in [1.165, 1.54) is 19.2 Å². The van der Waals surface area contributed by atoms with Crippen molar-refractivity contribution in [2.24, 2.45) is 0 Å². The summed E-state index contributed by atoms with van der Waals surface area (Å²) >= 11 is 0. The molecule has 0 aliphatic rings. The van der Waals surface area contributed by atoms with E-state index < -0.39 is 27.0 Å². The number of rotatable bonds is 9. The number of ether oxygens (including phenoxy) is 1. The zero-order chi connectivity index (χ0) is 18.3. The zero-order valence-electron chi connectivity index (χ0n) is 13.8. The summed E-state index contributed by atoms with van der Waals surface area (Å²) in [5, 5.41) is 13.5. The van der Waals surface area contributed by atoms with Gasteiger partial charge in [0.25, 0.3) is 5.69 Å². The fraction of sp³-hybridized carbons (Fsp3) is 0.500. The SMILES string of the molecule is CCOC(=O)CC(CNC)N(C)S(=O)(=O)c1ccc([N+](=O)[O-])cc1. The zero-order valence-corrected chi connectivity index (χ0v) is 14.6. The van der Waals surface area contributed by atoms with E-state index in [0.717, 1.165) is 16.4 Å². The second kappa shape index (κ2) is 8.71. The topological polar surface area (TPSA) is 119 Å². The summed E-state index contributed by atoms with van der Waals surface area (Å²) in [5.41, 5.74) is -0.199. The Morgan fingerprint density at radius 1 is 1.38 bits per heavy atom. The average molecular weight is 359 g/mol. The highest BCUT2D eigenvalue weighted by Crippen LogP contribution is 2.21. The van der Waals surface area contributed by atoms with Crippen LogP contribution in [0.15, 0.2) is 29.2 Å². The van der Waals surface area contributed by atoms with E-state index in [4.69, 9.17) is 4.74 Å². The molecule has 0 heterocycles. The van der Waals surface area contributed by atoms with E-state index in [1.54, 1.807) is 14.0 Å². The predicted molar refractivity (Wildman–Crippen MR) is 87.0 cm³/mol. The van der Waals surface area contributed by atoms with Gasteiger partial charge in [-0.15, -0.1) is 0 Å². The maximum absolute atomic E-state index is 12.6. The van der Waals surface area contributed by atoms with Gasteiger partial charge in [0.1, 0.15) is 0 Å². The molecule has 1 aromatic carbocycles. The van der Waals surface area contributed by atoms with E-state index in [9.17, 15) is 23.3 Å². The number of esters is 1. The lowest BCUT2D eigenvalue weighted by molar-refractivity contribution is -0.384. The lowest BCUT2D eigenvalue weighted by Crippen LogP contribution is -2.44. The lowest BCUT2D eigenvalue weighted by atomic mass is 10.2. The highest BCUT2D eigenvalue weighted by molar-refractivity contribution is 7.89. The van der Waals surface area contributed by atoms with Gasteiger partial charge in [-0.2, -0.15) is 4.31 Å². The molecule has 0 bridgehead atoms. The van der Waals surface area contributed by atoms with Crippen LogP contribution in [-0.4, -0.2) is 56.9 Å². The van der Waals surface area contributed by atoms with Crippen LogP contribution in [0.25, 0.3) is 0 Å². The molecule has 1 rings (SSSR count). The molecule has 0 aliphatic carbocycles. The second-order valence-electron chi connectivity index (χ2n) is 4.99. The molecule has 0 amide bonds. The van der Waals surface area contributed by atoms with Crippen molar-refractivity contribution in [3.05, 3.63) is 34.4 Å². The van der Waals surface area contributed by atoms with Gasteiger partial charge in [-0.3, -0.25) is 14.9 Å². The van der Waals surface area contributed by atoms with Crippen molar-refractivity contribution in [3.8, 4) is 0 Å². The number of nitrogens with one attached hydrogen (secondary N) is 1. The van der Waals surface area contributed by atoms with Crippen molar-refractivity contribution < 1.29 is 22.9 Å². The quantitative estimate of drug-likeness (QED) is 0.393. The van der Waals surface area contributed by atoms with Crippen molar-refractivity contribution in [1.82, 2.24) is 9.62 Å². The molecular formula is C14H21N3O6S. The molecule has 0 aromatic heterocycles. The number of benzene rings is 1. The second-order valence-corrected chi connectivity index (χ2v) is 6.99. The van der Waals surface area contributed by atoms with Crippen LogP contribution >= 0.6 is 0 Å². The fourth-order valence-electron chi connectivity index (χ4n) is 2.08. The van der Waals surface area contributed by atoms with Crippen LogP contribution in [0.4, 0.5) is 5.69 Å². The van der Waals surface area contributed by atoms with Crippen molar-refractivity contribution in [3.63, 3.8) is 0 Å². The Hall–Kier alpha value is -2.04. The largest absolute Gasteiger partial charge is 0.466 e. The van der Waals surface area contributed by atoms with Crippen molar-refractivity contribution >= 4 is 21.7 Å². The number of carbonyl (C=O) groups excluding carboxylic acids is 1. The number of sulfonamides is 1. The van der Waals surface area contributed by atoms with Crippen LogP contribution in [0.1, 0.15) is 13.3 Å². The van der Waals surface area contributed by atoms with Crippen LogP contribution in [-0.2, 0) is 19.6 Å². The van der Waals surface area contributed by atoms with E-state index in [2.05, 4.69) is 5.32 Å². The molecule has 0 saturated heterocycles. The molecule has 10 heteroatoms. The maximum atomic E-state index is 12.6. The van der Waals surface area contributed by atoms with Gasteiger partial charge < -0.3 is 10.1 Å². The minimum Gasteiger partial charge on any atom is -0.466 e. The van der Waals surface area contributed by atoms with Crippen LogP contribution < -0.4 is 5.32 Å². The molecule has 0 fully saturated rings. The number of hydrogen-bond donors (Lipinski definition) is 1. The normalized spacial score (nSPS) is 12.8. The number of nitro groups is 1. The number of non-ortho nitro benzene ring substituents is 1. The third kappa shape index (κ3) is 4.98. The molecule has 0 aliphatic heterocycles. The average Bonchev–Trinajstić information content (AvgIpc) is 2.54. The maximum Gasteiger partial charge on any atom is 0.307 e. The van der Waals surface area contributed by atoms with E-state index in [-0.39, 0.29) is 30.2 Å². The standard InChI is InChI=1S/C14H21N3O6S/c1-4-23-14(18)9-12(10-15-2)16(3)24(21,22)13-7-5-11(6-8-13)17(19)20/h5-8,12,15H,4,9-10H2,1-3H3. The Balaban J connectivity index is 3.03. The summed E-state index contributed by atoms with van der Waals surface area (Å²) in [7, 11) is -0.898. The minimum absolute atomic E-state index is 0.0828. The molecule has 134 valence electrons. The van der Waals surface area contributed by atoms with E-state index in [1.807, 2.05) is 0 Å². The molecule has 24 heavy (non-hydrogen) atoms. The highest BCUT2D eigenvalue weighted by Gasteiger charge is 2.30.